The van der Waals surface area contributed by atoms with Crippen LogP contribution in [0.3, 0.4) is 0 Å². The van der Waals surface area contributed by atoms with Crippen molar-refractivity contribution in [1.82, 2.24) is 78.0 Å². The fourth-order valence-corrected chi connectivity index (χ4v) is 23.1. The summed E-state index contributed by atoms with van der Waals surface area (Å²) in [5, 5.41) is 26.1. The first kappa shape index (κ1) is 105. The van der Waals surface area contributed by atoms with Crippen molar-refractivity contribution in [3.8, 4) is 0 Å². The van der Waals surface area contributed by atoms with Gasteiger partial charge in [0.15, 0.2) is 22.6 Å². The Kier molecular flexibility index (Phi) is 31.8. The first-order valence-electron chi connectivity index (χ1n) is 49.2. The molecule has 0 spiro atoms. The Morgan fingerprint density at radius 1 is 0.384 bits per heavy atom. The molecule has 0 unspecified atom stereocenters. The summed E-state index contributed by atoms with van der Waals surface area (Å²) in [6.07, 6.45) is 22.6. The Hall–Kier alpha value is -12.1. The summed E-state index contributed by atoms with van der Waals surface area (Å²) < 4.78 is 80.1. The van der Waals surface area contributed by atoms with Crippen LogP contribution in [0, 0.1) is 45.4 Å². The number of anilines is 8. The average Bonchev–Trinajstić information content (AvgIpc) is 1.56. The second kappa shape index (κ2) is 44.2. The third-order valence-corrected chi connectivity index (χ3v) is 30.4. The summed E-state index contributed by atoms with van der Waals surface area (Å²) in [7, 11) is -10.5. The Labute approximate surface area is 866 Å². The summed E-state index contributed by atoms with van der Waals surface area (Å²) >= 11 is 24.8. The first-order valence-corrected chi connectivity index (χ1v) is 56.0. The van der Waals surface area contributed by atoms with E-state index in [0.29, 0.717) is 123 Å². The van der Waals surface area contributed by atoms with E-state index >= 15 is 0 Å². The fraction of sp³-hybridized carbons (Fsp3) is 0.460. The summed E-state index contributed by atoms with van der Waals surface area (Å²) in [5.74, 6) is 4.43. The topological polar surface area (TPSA) is 441 Å². The Morgan fingerprint density at radius 2 is 0.658 bits per heavy atom. The third kappa shape index (κ3) is 24.5. The monoisotopic (exact) mass is 2130 g/mol. The highest BCUT2D eigenvalue weighted by Gasteiger charge is 2.41. The predicted octanol–water partition coefficient (Wildman–Crippen LogP) is 17.0. The van der Waals surface area contributed by atoms with Crippen molar-refractivity contribution in [3.05, 3.63) is 209 Å². The van der Waals surface area contributed by atoms with Crippen LogP contribution in [0.25, 0.3) is 22.6 Å². The second-order valence-electron chi connectivity index (χ2n) is 39.5. The van der Waals surface area contributed by atoms with E-state index in [0.717, 1.165) is 203 Å². The molecule has 0 saturated carbocycles. The van der Waals surface area contributed by atoms with Crippen LogP contribution in [0.2, 0.25) is 20.1 Å². The van der Waals surface area contributed by atoms with Gasteiger partial charge in [0.05, 0.1) is 112 Å². The molecule has 8 saturated heterocycles. The van der Waals surface area contributed by atoms with Crippen molar-refractivity contribution in [2.45, 2.75) is 182 Å². The first-order chi connectivity index (χ1) is 69.5. The number of fused-ring (bicyclic) bond motifs is 4. The molecule has 20 rings (SSSR count). The third-order valence-electron chi connectivity index (χ3n) is 27.7. The summed E-state index contributed by atoms with van der Waals surface area (Å²) in [5.41, 5.74) is 12.3. The number of carbonyl (C=O) groups excluding carboxylic acids is 6. The molecule has 7 atom stereocenters. The average molecular weight is 2140 g/mol. The number of nitrogens with one attached hydrogen (secondary N) is 4. The van der Waals surface area contributed by atoms with Crippen molar-refractivity contribution in [1.29, 1.82) is 0 Å². The number of phosphoric acid groups is 1. The maximum Gasteiger partial charge on any atom is 0.469 e. The van der Waals surface area contributed by atoms with Gasteiger partial charge in [0.1, 0.15) is 29.4 Å². The molecule has 8 aromatic heterocycles. The molecule has 0 bridgehead atoms. The zero-order valence-electron chi connectivity index (χ0n) is 83.2. The molecule has 6 N–H and O–H groups in total. The zero-order chi connectivity index (χ0) is 104. The maximum absolute atomic E-state index is 13.8. The minimum atomic E-state index is -4.56. The lowest BCUT2D eigenvalue weighted by Crippen LogP contribution is -2.52. The van der Waals surface area contributed by atoms with E-state index < -0.39 is 40.1 Å². The standard InChI is InChI=1S/C26H31ClN6O3.C26H31ClN6O2.C25H31ClN6O3S.C23H28ClN6O7PS/c1-16-9-11-31(14-16)24-17(2)15-33-23(29-24)13-21(30-33)22-6-4-5-10-32(22)25(34)19-12-18(27)7-8-20(19)28-26(35)36-3;1-16-9-11-31(14-16)25-17(2)15-33-24(29-25)13-22(30-33)23-6-4-5-10-32(23)26(35)20-12-19(27)7-8-21(20)28-18(3)34;1-16-9-11-30(14-16)24-17(2)15-32-23(27-24)13-21(28-32)22-6-4-5-10-31(22)25(33)19-12-18(26)7-8-20(19)29-36(3,34)35;1-14-11-30-21(25-22(14)28-12-16(13-28)37-38(32,33)34)10-19(26-30)20-5-3-4-8-29(20)23(31)17-9-15(24)6-7-18(17)27-39(2,35)36/h7-8,12-13,15-16,22H,4-6,9-11,14H2,1-3H3,(H,28,35);7-8,12-13,15-16,23H,4-6,9-11,14H2,1-3H3,(H,28,34);7-8,12-13,15-16,22,29H,4-6,9-11,14H2,1-3H3;6-7,9-11,16,20,27H,3-5,8,12-13H2,1-2H3,(H2,32,33,34)/t16-,22-;16-,23-;16-,22-;20-/m0000/s1. The van der Waals surface area contributed by atoms with Gasteiger partial charge < -0.3 is 59.0 Å². The smallest absolute Gasteiger partial charge is 0.453 e. The lowest BCUT2D eigenvalue weighted by molar-refractivity contribution is -0.114. The minimum absolute atomic E-state index is 0.156. The number of aromatic nitrogens is 12. The quantitative estimate of drug-likeness (QED) is 0.0386. The molecule has 8 aliphatic rings. The van der Waals surface area contributed by atoms with Crippen molar-refractivity contribution in [2.75, 3.05) is 138 Å². The molecule has 6 amide bonds. The van der Waals surface area contributed by atoms with E-state index in [1.807, 2.05) is 79.7 Å². The number of aryl methyl sites for hydroxylation is 4. The van der Waals surface area contributed by atoms with Gasteiger partial charge in [-0.2, -0.15) is 20.4 Å². The predicted molar refractivity (Wildman–Crippen MR) is 562 cm³/mol. The number of methoxy groups -OCH3 is 1. The Bertz CT molecular complexity index is 7310. The number of sulfonamides is 2. The summed E-state index contributed by atoms with van der Waals surface area (Å²) in [6, 6.07) is 25.7. The molecule has 39 nitrogen and oxygen atoms in total. The molecule has 8 aliphatic heterocycles. The van der Waals surface area contributed by atoms with Crippen LogP contribution >= 0.6 is 54.2 Å². The SMILES string of the molecule is CC(=O)Nc1ccc(Cl)cc1C(=O)N1CCCC[C@H]1c1cc2nc(N3CC[C@H](C)C3)c(C)cn2n1.COC(=O)Nc1ccc(Cl)cc1C(=O)N1CCCC[C@H]1c1cc2nc(N3CC[C@H](C)C3)c(C)cn2n1.Cc1cn2nc([C@@H]3CCCCN3C(=O)c3cc(Cl)ccc3NS(C)(=O)=O)cc2nc1N1CC(OP(=O)(O)O)C1.Cc1cn2nc([C@@H]3CCCCN3C(=O)c3cc(Cl)ccc3NS(C)(=O)=O)cc2nc1N1CC[C@H](C)C1. The van der Waals surface area contributed by atoms with Gasteiger partial charge in [-0.25, -0.2) is 64.2 Å². The molecule has 12 aromatic rings. The molecule has 776 valence electrons. The van der Waals surface area contributed by atoms with E-state index in [1.54, 1.807) is 61.3 Å². The van der Waals surface area contributed by atoms with Crippen LogP contribution in [0.4, 0.5) is 50.8 Å². The van der Waals surface area contributed by atoms with Crippen molar-refractivity contribution in [2.24, 2.45) is 17.8 Å². The van der Waals surface area contributed by atoms with Gasteiger partial charge in [-0.3, -0.25) is 43.3 Å². The van der Waals surface area contributed by atoms with Crippen LogP contribution in [-0.2, 0) is 38.7 Å². The molecular weight excluding hydrogens is 2010 g/mol. The number of hydrogen-bond donors (Lipinski definition) is 6. The number of ether oxygens (including phenoxy) is 1. The summed E-state index contributed by atoms with van der Waals surface area (Å²) in [4.78, 5) is 132. The number of halogens is 4. The summed E-state index contributed by atoms with van der Waals surface area (Å²) in [6.45, 7) is 25.2. The van der Waals surface area contributed by atoms with Gasteiger partial charge in [0, 0.05) is 177 Å². The number of carbonyl (C=O) groups is 6. The molecule has 4 aromatic carbocycles. The van der Waals surface area contributed by atoms with Gasteiger partial charge in [0.2, 0.25) is 26.0 Å². The van der Waals surface area contributed by atoms with Crippen LogP contribution in [0.1, 0.15) is 235 Å². The van der Waals surface area contributed by atoms with Crippen LogP contribution in [0.15, 0.2) is 122 Å². The highest BCUT2D eigenvalue weighted by atomic mass is 35.5. The van der Waals surface area contributed by atoms with Gasteiger partial charge in [-0.05, 0) is 215 Å². The van der Waals surface area contributed by atoms with E-state index in [2.05, 4.69) is 76.3 Å². The van der Waals surface area contributed by atoms with Crippen molar-refractivity contribution >= 4 is 179 Å². The number of rotatable bonds is 20. The number of phosphoric ester groups is 1. The normalized spacial score (nSPS) is 20.0. The highest BCUT2D eigenvalue weighted by molar-refractivity contribution is 7.92. The number of nitrogens with zero attached hydrogens (tertiary/aromatic N) is 20. The van der Waals surface area contributed by atoms with Gasteiger partial charge in [0.25, 0.3) is 23.6 Å². The number of piperidine rings is 4. The molecule has 0 radical (unpaired) electrons. The second-order valence-corrected chi connectivity index (χ2v) is 45.9. The van der Waals surface area contributed by atoms with E-state index in [-0.39, 0.29) is 76.2 Å². The lowest BCUT2D eigenvalue weighted by Gasteiger charge is -2.40. The number of likely N-dealkylation sites (tertiary alicyclic amines) is 4. The van der Waals surface area contributed by atoms with Gasteiger partial charge >= 0.3 is 13.9 Å². The van der Waals surface area contributed by atoms with Crippen LogP contribution in [0.5, 0.6) is 0 Å². The van der Waals surface area contributed by atoms with E-state index in [1.165, 1.54) is 57.2 Å². The lowest BCUT2D eigenvalue weighted by atomic mass is 9.98. The number of benzene rings is 4. The van der Waals surface area contributed by atoms with Crippen LogP contribution in [-0.4, -0.2) is 245 Å². The molecular formula is C100H121Cl4N24O15PS2. The van der Waals surface area contributed by atoms with Gasteiger partial charge in [-0.1, -0.05) is 67.2 Å². The number of amides is 6. The van der Waals surface area contributed by atoms with Crippen molar-refractivity contribution in [3.63, 3.8) is 0 Å². The molecule has 146 heavy (non-hydrogen) atoms. The Morgan fingerprint density at radius 3 is 0.918 bits per heavy atom. The number of hydrogen-bond acceptors (Lipinski definition) is 25. The molecule has 46 heteroatoms. The minimum Gasteiger partial charge on any atom is -0.453 e. The maximum atomic E-state index is 13.8. The zero-order valence-corrected chi connectivity index (χ0v) is 88.7. The van der Waals surface area contributed by atoms with Crippen molar-refractivity contribution < 1.29 is 69.2 Å². The van der Waals surface area contributed by atoms with E-state index in [4.69, 9.17) is 106 Å². The largest absolute Gasteiger partial charge is 0.469 e. The Balaban J connectivity index is 0.000000133. The highest BCUT2D eigenvalue weighted by Crippen LogP contribution is 2.45. The molecule has 0 aliphatic carbocycles. The van der Waals surface area contributed by atoms with Gasteiger partial charge in [-0.15, -0.1) is 0 Å². The van der Waals surface area contributed by atoms with E-state index in [9.17, 15) is 50.2 Å². The molecule has 8 fully saturated rings. The van der Waals surface area contributed by atoms with Crippen LogP contribution < -0.4 is 39.7 Å². The fourth-order valence-electron chi connectivity index (χ4n) is 20.7. The molecule has 16 heterocycles.